The van der Waals surface area contributed by atoms with Gasteiger partial charge in [-0.05, 0) is 36.8 Å². The van der Waals surface area contributed by atoms with Crippen LogP contribution in [0.4, 0.5) is 0 Å². The SMILES string of the molecule is CC(NC(=O)C1c2ccccc2Oc2ccccc21)c1ccc(S(C)(=O)=O)cc1. The van der Waals surface area contributed by atoms with Gasteiger partial charge >= 0.3 is 0 Å². The number of nitrogens with one attached hydrogen (secondary N) is 1. The van der Waals surface area contributed by atoms with Crippen LogP contribution in [-0.2, 0) is 14.6 Å². The lowest BCUT2D eigenvalue weighted by Gasteiger charge is -2.28. The first-order valence-electron chi connectivity index (χ1n) is 9.30. The molecule has 0 aliphatic carbocycles. The number of para-hydroxylation sites is 2. The van der Waals surface area contributed by atoms with Crippen molar-refractivity contribution in [1.29, 1.82) is 0 Å². The molecule has 0 spiro atoms. The normalized spacial score (nSPS) is 14.3. The highest BCUT2D eigenvalue weighted by Crippen LogP contribution is 2.44. The van der Waals surface area contributed by atoms with Crippen molar-refractivity contribution >= 4 is 15.7 Å². The number of rotatable bonds is 4. The Morgan fingerprint density at radius 3 is 1.93 bits per heavy atom. The number of fused-ring (bicyclic) bond motifs is 2. The molecule has 3 aromatic rings. The fraction of sp³-hybridized carbons (Fsp3) is 0.174. The van der Waals surface area contributed by atoms with E-state index in [0.717, 1.165) is 16.7 Å². The van der Waals surface area contributed by atoms with Gasteiger partial charge in [-0.3, -0.25) is 4.79 Å². The largest absolute Gasteiger partial charge is 0.457 e. The molecule has 0 aromatic heterocycles. The van der Waals surface area contributed by atoms with Crippen molar-refractivity contribution in [1.82, 2.24) is 5.32 Å². The highest BCUT2D eigenvalue weighted by molar-refractivity contribution is 7.90. The number of ether oxygens (including phenoxy) is 1. The van der Waals surface area contributed by atoms with Gasteiger partial charge in [-0.1, -0.05) is 48.5 Å². The van der Waals surface area contributed by atoms with Crippen molar-refractivity contribution in [2.45, 2.75) is 23.8 Å². The Morgan fingerprint density at radius 1 is 0.897 bits per heavy atom. The second kappa shape index (κ2) is 7.37. The first kappa shape index (κ1) is 19.2. The molecule has 5 nitrogen and oxygen atoms in total. The monoisotopic (exact) mass is 407 g/mol. The van der Waals surface area contributed by atoms with Crippen LogP contribution in [0.2, 0.25) is 0 Å². The van der Waals surface area contributed by atoms with Gasteiger partial charge in [-0.15, -0.1) is 0 Å². The standard InChI is InChI=1S/C23H21NO4S/c1-15(16-11-13-17(14-12-16)29(2,26)27)24-23(25)22-18-7-3-5-9-20(18)28-21-10-6-4-8-19(21)22/h3-15,22H,1-2H3,(H,24,25). The number of carbonyl (C=O) groups is 1. The van der Waals surface area contributed by atoms with Crippen molar-refractivity contribution in [3.8, 4) is 11.5 Å². The van der Waals surface area contributed by atoms with Crippen LogP contribution >= 0.6 is 0 Å². The van der Waals surface area contributed by atoms with E-state index in [2.05, 4.69) is 5.32 Å². The molecule has 0 radical (unpaired) electrons. The summed E-state index contributed by atoms with van der Waals surface area (Å²) in [6.45, 7) is 1.88. The van der Waals surface area contributed by atoms with E-state index < -0.39 is 15.8 Å². The molecule has 0 saturated carbocycles. The molecule has 0 saturated heterocycles. The van der Waals surface area contributed by atoms with Crippen LogP contribution in [0.5, 0.6) is 11.5 Å². The highest BCUT2D eigenvalue weighted by Gasteiger charge is 2.33. The second-order valence-corrected chi connectivity index (χ2v) is 9.20. The van der Waals surface area contributed by atoms with Gasteiger partial charge in [0, 0.05) is 17.4 Å². The molecule has 1 aliphatic heterocycles. The second-order valence-electron chi connectivity index (χ2n) is 7.18. The molecular formula is C23H21NO4S. The topological polar surface area (TPSA) is 72.5 Å². The van der Waals surface area contributed by atoms with Crippen molar-refractivity contribution < 1.29 is 17.9 Å². The van der Waals surface area contributed by atoms with E-state index in [9.17, 15) is 13.2 Å². The Labute approximate surface area is 170 Å². The number of amides is 1. The molecule has 0 bridgehead atoms. The van der Waals surface area contributed by atoms with Crippen molar-refractivity contribution in [3.63, 3.8) is 0 Å². The highest BCUT2D eigenvalue weighted by atomic mass is 32.2. The lowest BCUT2D eigenvalue weighted by molar-refractivity contribution is -0.122. The number of hydrogen-bond acceptors (Lipinski definition) is 4. The smallest absolute Gasteiger partial charge is 0.232 e. The lowest BCUT2D eigenvalue weighted by Crippen LogP contribution is -2.33. The van der Waals surface area contributed by atoms with Crippen LogP contribution in [0.25, 0.3) is 0 Å². The van der Waals surface area contributed by atoms with Crippen LogP contribution in [0.1, 0.15) is 35.6 Å². The zero-order valence-electron chi connectivity index (χ0n) is 16.1. The summed E-state index contributed by atoms with van der Waals surface area (Å²) < 4.78 is 29.3. The fourth-order valence-electron chi connectivity index (χ4n) is 3.58. The van der Waals surface area contributed by atoms with Gasteiger partial charge in [-0.2, -0.15) is 0 Å². The van der Waals surface area contributed by atoms with Crippen LogP contribution in [0.3, 0.4) is 0 Å². The number of sulfone groups is 1. The molecule has 1 N–H and O–H groups in total. The van der Waals surface area contributed by atoms with E-state index in [1.165, 1.54) is 6.26 Å². The molecule has 0 fully saturated rings. The van der Waals surface area contributed by atoms with E-state index >= 15 is 0 Å². The van der Waals surface area contributed by atoms with Crippen LogP contribution in [0.15, 0.2) is 77.7 Å². The van der Waals surface area contributed by atoms with Gasteiger partial charge in [0.2, 0.25) is 5.91 Å². The van der Waals surface area contributed by atoms with Crippen molar-refractivity contribution in [3.05, 3.63) is 89.5 Å². The Morgan fingerprint density at radius 2 is 1.41 bits per heavy atom. The van der Waals surface area contributed by atoms with Gasteiger partial charge in [0.25, 0.3) is 0 Å². The third kappa shape index (κ3) is 3.76. The zero-order chi connectivity index (χ0) is 20.6. The third-order valence-electron chi connectivity index (χ3n) is 5.11. The van der Waals surface area contributed by atoms with Gasteiger partial charge < -0.3 is 10.1 Å². The third-order valence-corrected chi connectivity index (χ3v) is 6.24. The molecule has 1 heterocycles. The van der Waals surface area contributed by atoms with Gasteiger partial charge in [0.15, 0.2) is 9.84 Å². The summed E-state index contributed by atoms with van der Waals surface area (Å²) in [5.74, 6) is 0.745. The van der Waals surface area contributed by atoms with Crippen LogP contribution in [0, 0.1) is 0 Å². The molecule has 1 unspecified atom stereocenters. The maximum Gasteiger partial charge on any atom is 0.232 e. The minimum Gasteiger partial charge on any atom is -0.457 e. The molecule has 148 valence electrons. The molecule has 1 atom stereocenters. The zero-order valence-corrected chi connectivity index (χ0v) is 16.9. The molecule has 3 aromatic carbocycles. The maximum atomic E-state index is 13.3. The average Bonchev–Trinajstić information content (AvgIpc) is 2.71. The first-order chi connectivity index (χ1) is 13.8. The summed E-state index contributed by atoms with van der Waals surface area (Å²) in [5, 5.41) is 3.06. The van der Waals surface area contributed by atoms with Gasteiger partial charge in [0.1, 0.15) is 11.5 Å². The maximum absolute atomic E-state index is 13.3. The summed E-state index contributed by atoms with van der Waals surface area (Å²) in [6.07, 6.45) is 1.17. The Bertz CT molecular complexity index is 1120. The van der Waals surface area contributed by atoms with Gasteiger partial charge in [0.05, 0.1) is 16.9 Å². The molecule has 1 aliphatic rings. The van der Waals surface area contributed by atoms with E-state index in [1.807, 2.05) is 55.5 Å². The number of benzene rings is 3. The summed E-state index contributed by atoms with van der Waals surface area (Å²) >= 11 is 0. The van der Waals surface area contributed by atoms with Crippen LogP contribution in [-0.4, -0.2) is 20.6 Å². The molecule has 1 amide bonds. The predicted molar refractivity (Wildman–Crippen MR) is 111 cm³/mol. The Kier molecular flexibility index (Phi) is 4.88. The minimum atomic E-state index is -3.25. The Balaban J connectivity index is 1.62. The number of carbonyl (C=O) groups excluding carboxylic acids is 1. The quantitative estimate of drug-likeness (QED) is 0.703. The molecular weight excluding hydrogens is 386 g/mol. The molecule has 4 rings (SSSR count). The average molecular weight is 407 g/mol. The first-order valence-corrected chi connectivity index (χ1v) is 11.2. The minimum absolute atomic E-state index is 0.132. The number of hydrogen-bond donors (Lipinski definition) is 1. The summed E-state index contributed by atoms with van der Waals surface area (Å²) in [5.41, 5.74) is 2.48. The summed E-state index contributed by atoms with van der Waals surface area (Å²) in [7, 11) is -3.25. The van der Waals surface area contributed by atoms with Crippen LogP contribution < -0.4 is 10.1 Å². The summed E-state index contributed by atoms with van der Waals surface area (Å²) in [6, 6.07) is 21.4. The van der Waals surface area contributed by atoms with Crippen molar-refractivity contribution in [2.24, 2.45) is 0 Å². The molecule has 6 heteroatoms. The van der Waals surface area contributed by atoms with Gasteiger partial charge in [-0.25, -0.2) is 8.42 Å². The van der Waals surface area contributed by atoms with E-state index in [0.29, 0.717) is 11.5 Å². The van der Waals surface area contributed by atoms with E-state index in [1.54, 1.807) is 24.3 Å². The summed E-state index contributed by atoms with van der Waals surface area (Å²) in [4.78, 5) is 13.5. The Hall–Kier alpha value is -3.12. The lowest BCUT2D eigenvalue weighted by atomic mass is 9.87. The van der Waals surface area contributed by atoms with E-state index in [-0.39, 0.29) is 16.8 Å². The van der Waals surface area contributed by atoms with E-state index in [4.69, 9.17) is 4.74 Å². The molecule has 29 heavy (non-hydrogen) atoms. The van der Waals surface area contributed by atoms with Crippen molar-refractivity contribution in [2.75, 3.05) is 6.26 Å². The fourth-order valence-corrected chi connectivity index (χ4v) is 4.21. The predicted octanol–water partition coefficient (Wildman–Crippen LogP) is 4.21.